The number of likely N-dealkylation sites (N-methyl/N-ethyl adjacent to an activating group) is 1. The van der Waals surface area contributed by atoms with Crippen LogP contribution in [0.3, 0.4) is 0 Å². The molecule has 2 N–H and O–H groups in total. The maximum atomic E-state index is 4.39. The Kier molecular flexibility index (Phi) is 8.17. The van der Waals surface area contributed by atoms with Crippen molar-refractivity contribution in [3.05, 3.63) is 0 Å². The minimum atomic E-state index is 0.571. The molecule has 1 aliphatic carbocycles. The summed E-state index contributed by atoms with van der Waals surface area (Å²) < 4.78 is 0. The van der Waals surface area contributed by atoms with Crippen LogP contribution in [0.2, 0.25) is 0 Å². The van der Waals surface area contributed by atoms with Gasteiger partial charge in [0.05, 0.1) is 0 Å². The first-order valence-corrected chi connectivity index (χ1v) is 9.62. The molecule has 1 aliphatic heterocycles. The van der Waals surface area contributed by atoms with Gasteiger partial charge in [-0.3, -0.25) is 4.99 Å². The van der Waals surface area contributed by atoms with E-state index in [4.69, 9.17) is 0 Å². The third kappa shape index (κ3) is 6.30. The van der Waals surface area contributed by atoms with Crippen LogP contribution in [0.25, 0.3) is 0 Å². The lowest BCUT2D eigenvalue weighted by Crippen LogP contribution is -2.50. The van der Waals surface area contributed by atoms with Crippen molar-refractivity contribution in [2.24, 2.45) is 4.99 Å². The molecule has 2 rings (SSSR count). The summed E-state index contributed by atoms with van der Waals surface area (Å²) in [6.45, 7) is 8.01. The van der Waals surface area contributed by atoms with Crippen molar-refractivity contribution in [1.29, 1.82) is 0 Å². The van der Waals surface area contributed by atoms with Crippen molar-refractivity contribution in [3.8, 4) is 0 Å². The Morgan fingerprint density at radius 3 is 2.48 bits per heavy atom. The molecule has 0 aromatic carbocycles. The lowest BCUT2D eigenvalue weighted by atomic mass is 10.1. The van der Waals surface area contributed by atoms with Gasteiger partial charge in [-0.15, -0.1) is 0 Å². The van der Waals surface area contributed by atoms with Gasteiger partial charge in [0.15, 0.2) is 5.96 Å². The van der Waals surface area contributed by atoms with Crippen LogP contribution in [0.4, 0.5) is 0 Å². The molecular formula is C18H37N5. The van der Waals surface area contributed by atoms with E-state index in [1.165, 1.54) is 64.6 Å². The smallest absolute Gasteiger partial charge is 0.191 e. The van der Waals surface area contributed by atoms with Gasteiger partial charge in [0.1, 0.15) is 0 Å². The second kappa shape index (κ2) is 10.1. The fraction of sp³-hybridized carbons (Fsp3) is 0.944. The Bertz CT molecular complexity index is 343. The fourth-order valence-corrected chi connectivity index (χ4v) is 3.88. The predicted octanol–water partition coefficient (Wildman–Crippen LogP) is 1.90. The summed E-state index contributed by atoms with van der Waals surface area (Å²) >= 11 is 0. The van der Waals surface area contributed by atoms with Crippen LogP contribution in [-0.2, 0) is 0 Å². The van der Waals surface area contributed by atoms with Crippen molar-refractivity contribution < 1.29 is 0 Å². The number of hydrogen-bond donors (Lipinski definition) is 2. The van der Waals surface area contributed by atoms with Gasteiger partial charge in [0, 0.05) is 45.3 Å². The van der Waals surface area contributed by atoms with Crippen LogP contribution in [0.1, 0.15) is 51.9 Å². The number of aliphatic imine (C=N–C) groups is 1. The van der Waals surface area contributed by atoms with Crippen molar-refractivity contribution >= 4 is 5.96 Å². The normalized spacial score (nSPS) is 22.0. The highest BCUT2D eigenvalue weighted by atomic mass is 15.2. The van der Waals surface area contributed by atoms with E-state index in [-0.39, 0.29) is 0 Å². The monoisotopic (exact) mass is 323 g/mol. The molecule has 134 valence electrons. The second-order valence-electron chi connectivity index (χ2n) is 7.18. The Labute approximate surface area is 142 Å². The molecule has 0 unspecified atom stereocenters. The largest absolute Gasteiger partial charge is 0.355 e. The van der Waals surface area contributed by atoms with Gasteiger partial charge in [-0.05, 0) is 45.7 Å². The predicted molar refractivity (Wildman–Crippen MR) is 99.1 cm³/mol. The van der Waals surface area contributed by atoms with E-state index >= 15 is 0 Å². The molecule has 0 spiro atoms. The van der Waals surface area contributed by atoms with Gasteiger partial charge < -0.3 is 20.4 Å². The summed E-state index contributed by atoms with van der Waals surface area (Å²) in [6, 6.07) is 1.37. The zero-order valence-electron chi connectivity index (χ0n) is 15.5. The summed E-state index contributed by atoms with van der Waals surface area (Å²) in [5.74, 6) is 0.971. The molecule has 5 heteroatoms. The van der Waals surface area contributed by atoms with E-state index in [9.17, 15) is 0 Å². The van der Waals surface area contributed by atoms with Crippen molar-refractivity contribution in [3.63, 3.8) is 0 Å². The molecule has 5 nitrogen and oxygen atoms in total. The van der Waals surface area contributed by atoms with Crippen LogP contribution < -0.4 is 10.6 Å². The van der Waals surface area contributed by atoms with Gasteiger partial charge in [-0.2, -0.15) is 0 Å². The zero-order valence-corrected chi connectivity index (χ0v) is 15.5. The van der Waals surface area contributed by atoms with Gasteiger partial charge in [-0.1, -0.05) is 19.8 Å². The maximum Gasteiger partial charge on any atom is 0.191 e. The first kappa shape index (κ1) is 18.5. The van der Waals surface area contributed by atoms with Crippen LogP contribution in [-0.4, -0.2) is 74.7 Å². The first-order valence-electron chi connectivity index (χ1n) is 9.62. The lowest BCUT2D eigenvalue weighted by Gasteiger charge is -2.33. The van der Waals surface area contributed by atoms with E-state index in [0.29, 0.717) is 6.04 Å². The highest BCUT2D eigenvalue weighted by Crippen LogP contribution is 2.21. The number of hydrogen-bond acceptors (Lipinski definition) is 3. The van der Waals surface area contributed by atoms with Crippen LogP contribution >= 0.6 is 0 Å². The van der Waals surface area contributed by atoms with Crippen molar-refractivity contribution in [1.82, 2.24) is 20.4 Å². The van der Waals surface area contributed by atoms with Crippen LogP contribution in [0.15, 0.2) is 4.99 Å². The quantitative estimate of drug-likeness (QED) is 0.555. The third-order valence-corrected chi connectivity index (χ3v) is 5.40. The van der Waals surface area contributed by atoms with Crippen LogP contribution in [0, 0.1) is 0 Å². The molecule has 0 amide bonds. The minimum Gasteiger partial charge on any atom is -0.355 e. The van der Waals surface area contributed by atoms with E-state index in [0.717, 1.165) is 25.1 Å². The molecule has 1 heterocycles. The second-order valence-corrected chi connectivity index (χ2v) is 7.18. The Balaban J connectivity index is 1.62. The molecule has 1 saturated heterocycles. The topological polar surface area (TPSA) is 42.9 Å². The zero-order chi connectivity index (χ0) is 16.5. The molecular weight excluding hydrogens is 286 g/mol. The summed E-state index contributed by atoms with van der Waals surface area (Å²) in [5, 5.41) is 7.10. The number of likely N-dealkylation sites (tertiary alicyclic amines) is 1. The summed E-state index contributed by atoms with van der Waals surface area (Å²) in [6.07, 6.45) is 9.27. The van der Waals surface area contributed by atoms with Crippen molar-refractivity contribution in [2.45, 2.75) is 64.0 Å². The maximum absolute atomic E-state index is 4.39. The van der Waals surface area contributed by atoms with Gasteiger partial charge in [-0.25, -0.2) is 0 Å². The molecule has 23 heavy (non-hydrogen) atoms. The summed E-state index contributed by atoms with van der Waals surface area (Å²) in [5.41, 5.74) is 0. The SMILES string of the molecule is CCCN1CCC(NC(=NC)NCCN(C)C2CCCC2)CC1. The van der Waals surface area contributed by atoms with Crippen molar-refractivity contribution in [2.75, 3.05) is 46.8 Å². The molecule has 2 fully saturated rings. The average Bonchev–Trinajstić information content (AvgIpc) is 3.10. The highest BCUT2D eigenvalue weighted by molar-refractivity contribution is 5.79. The molecule has 0 radical (unpaired) electrons. The number of rotatable bonds is 7. The first-order chi connectivity index (χ1) is 11.2. The molecule has 0 aromatic heterocycles. The number of nitrogens with one attached hydrogen (secondary N) is 2. The van der Waals surface area contributed by atoms with E-state index in [2.05, 4.69) is 39.4 Å². The molecule has 1 saturated carbocycles. The van der Waals surface area contributed by atoms with Gasteiger partial charge in [0.25, 0.3) is 0 Å². The number of piperidine rings is 1. The average molecular weight is 324 g/mol. The summed E-state index contributed by atoms with van der Waals surface area (Å²) in [7, 11) is 4.14. The number of guanidine groups is 1. The molecule has 0 aromatic rings. The molecule has 0 bridgehead atoms. The van der Waals surface area contributed by atoms with Gasteiger partial charge in [0.2, 0.25) is 0 Å². The van der Waals surface area contributed by atoms with Crippen LogP contribution in [0.5, 0.6) is 0 Å². The highest BCUT2D eigenvalue weighted by Gasteiger charge is 2.20. The Morgan fingerprint density at radius 1 is 1.17 bits per heavy atom. The molecule has 0 atom stereocenters. The van der Waals surface area contributed by atoms with Gasteiger partial charge >= 0.3 is 0 Å². The molecule has 2 aliphatic rings. The Morgan fingerprint density at radius 2 is 1.87 bits per heavy atom. The minimum absolute atomic E-state index is 0.571. The lowest BCUT2D eigenvalue weighted by molar-refractivity contribution is 0.206. The Hall–Kier alpha value is -0.810. The third-order valence-electron chi connectivity index (χ3n) is 5.40. The van der Waals surface area contributed by atoms with E-state index in [1.54, 1.807) is 0 Å². The fourth-order valence-electron chi connectivity index (χ4n) is 3.88. The van der Waals surface area contributed by atoms with E-state index < -0.39 is 0 Å². The van der Waals surface area contributed by atoms with E-state index in [1.807, 2.05) is 7.05 Å². The summed E-state index contributed by atoms with van der Waals surface area (Å²) in [4.78, 5) is 9.48. The standard InChI is InChI=1S/C18H37N5/c1-4-12-23-13-9-16(10-14-23)21-18(19-2)20-11-15-22(3)17-7-5-6-8-17/h16-17H,4-15H2,1-3H3,(H2,19,20,21). The number of nitrogens with zero attached hydrogens (tertiary/aromatic N) is 3.